The minimum Gasteiger partial charge on any atom is -0.472 e. The predicted octanol–water partition coefficient (Wildman–Crippen LogP) is 0.838. The van der Waals surface area contributed by atoms with Gasteiger partial charge in [0, 0.05) is 31.1 Å². The Hall–Kier alpha value is -2.54. The number of ether oxygens (including phenoxy) is 2. The van der Waals surface area contributed by atoms with E-state index in [-0.39, 0.29) is 23.7 Å². The van der Waals surface area contributed by atoms with Gasteiger partial charge in [0.1, 0.15) is 11.8 Å². The maximum atomic E-state index is 12.2. The Bertz CT molecular complexity index is 609. The first kappa shape index (κ1) is 14.4. The maximum absolute atomic E-state index is 12.2. The number of hydrogen-bond acceptors (Lipinski definition) is 6. The molecule has 0 saturated carbocycles. The zero-order chi connectivity index (χ0) is 15.2. The summed E-state index contributed by atoms with van der Waals surface area (Å²) in [6, 6.07) is 5.21. The fraction of sp³-hybridized carbons (Fsp3) is 0.333. The van der Waals surface area contributed by atoms with Gasteiger partial charge in [-0.15, -0.1) is 0 Å². The Balaban J connectivity index is 1.66. The van der Waals surface area contributed by atoms with E-state index in [1.54, 1.807) is 12.3 Å². The Labute approximate surface area is 127 Å². The number of pyridine rings is 1. The number of carbonyl (C=O) groups is 1. The number of amides is 1. The van der Waals surface area contributed by atoms with Crippen LogP contribution in [-0.2, 0) is 4.74 Å². The molecule has 1 aliphatic rings. The Kier molecular flexibility index (Phi) is 4.55. The Morgan fingerprint density at radius 3 is 3.00 bits per heavy atom. The molecule has 2 atom stereocenters. The molecule has 0 radical (unpaired) electrons. The van der Waals surface area contributed by atoms with Crippen molar-refractivity contribution in [2.24, 2.45) is 0 Å². The van der Waals surface area contributed by atoms with Gasteiger partial charge in [-0.2, -0.15) is 0 Å². The van der Waals surface area contributed by atoms with Crippen LogP contribution in [-0.4, -0.2) is 46.2 Å². The van der Waals surface area contributed by atoms with Gasteiger partial charge in [0.15, 0.2) is 0 Å². The average molecular weight is 300 g/mol. The molecule has 0 aliphatic carbocycles. The van der Waals surface area contributed by atoms with Crippen LogP contribution in [0.3, 0.4) is 0 Å². The van der Waals surface area contributed by atoms with Crippen molar-refractivity contribution in [2.45, 2.75) is 18.6 Å². The molecule has 1 aliphatic heterocycles. The van der Waals surface area contributed by atoms with Crippen LogP contribution in [0.25, 0.3) is 0 Å². The number of nitrogens with zero attached hydrogens (tertiary/aromatic N) is 3. The largest absolute Gasteiger partial charge is 0.472 e. The van der Waals surface area contributed by atoms with E-state index in [9.17, 15) is 4.79 Å². The lowest BCUT2D eigenvalue weighted by atomic mass is 10.1. The number of rotatable bonds is 4. The Morgan fingerprint density at radius 2 is 2.23 bits per heavy atom. The van der Waals surface area contributed by atoms with Crippen LogP contribution in [0.1, 0.15) is 16.9 Å². The lowest BCUT2D eigenvalue weighted by Gasteiger charge is -2.31. The molecule has 7 heteroatoms. The van der Waals surface area contributed by atoms with Crippen LogP contribution in [0, 0.1) is 0 Å². The maximum Gasteiger partial charge on any atom is 0.271 e. The van der Waals surface area contributed by atoms with Crippen LogP contribution in [0.4, 0.5) is 0 Å². The second-order valence-corrected chi connectivity index (χ2v) is 4.86. The summed E-state index contributed by atoms with van der Waals surface area (Å²) in [5.41, 5.74) is 0.268. The lowest BCUT2D eigenvalue weighted by molar-refractivity contribution is -0.00455. The quantitative estimate of drug-likeness (QED) is 0.900. The lowest BCUT2D eigenvalue weighted by Crippen LogP contribution is -2.52. The molecule has 22 heavy (non-hydrogen) atoms. The van der Waals surface area contributed by atoms with Gasteiger partial charge in [0.25, 0.3) is 5.91 Å². The summed E-state index contributed by atoms with van der Waals surface area (Å²) in [4.78, 5) is 24.2. The third kappa shape index (κ3) is 3.56. The summed E-state index contributed by atoms with van der Waals surface area (Å²) in [5, 5.41) is 2.89. The molecule has 1 amide bonds. The molecule has 3 heterocycles. The predicted molar refractivity (Wildman–Crippen MR) is 77.4 cm³/mol. The first-order chi connectivity index (χ1) is 10.8. The van der Waals surface area contributed by atoms with E-state index < -0.39 is 0 Å². The van der Waals surface area contributed by atoms with Gasteiger partial charge in [-0.3, -0.25) is 9.78 Å². The first-order valence-electron chi connectivity index (χ1n) is 7.05. The van der Waals surface area contributed by atoms with E-state index in [0.717, 1.165) is 0 Å². The number of carbonyl (C=O) groups excluding carboxylic acids is 1. The molecule has 0 aromatic carbocycles. The van der Waals surface area contributed by atoms with Crippen LogP contribution in [0.15, 0.2) is 43.0 Å². The smallest absolute Gasteiger partial charge is 0.271 e. The normalized spacial score (nSPS) is 21.1. The van der Waals surface area contributed by atoms with Crippen molar-refractivity contribution in [1.82, 2.24) is 20.3 Å². The van der Waals surface area contributed by atoms with Gasteiger partial charge in [-0.1, -0.05) is 6.07 Å². The minimum absolute atomic E-state index is 0.190. The summed E-state index contributed by atoms with van der Waals surface area (Å²) >= 11 is 0. The number of hydrogen-bond donors (Lipinski definition) is 1. The topological polar surface area (TPSA) is 86.2 Å². The molecule has 1 fully saturated rings. The highest BCUT2D eigenvalue weighted by Gasteiger charge is 2.29. The van der Waals surface area contributed by atoms with Crippen LogP contribution >= 0.6 is 0 Å². The Morgan fingerprint density at radius 1 is 1.27 bits per heavy atom. The van der Waals surface area contributed by atoms with E-state index in [4.69, 9.17) is 9.47 Å². The fourth-order valence-electron chi connectivity index (χ4n) is 2.22. The summed E-state index contributed by atoms with van der Waals surface area (Å²) in [7, 11) is 0. The van der Waals surface area contributed by atoms with E-state index in [1.165, 1.54) is 18.6 Å². The molecule has 114 valence electrons. The molecule has 0 unspecified atom stereocenters. The summed E-state index contributed by atoms with van der Waals surface area (Å²) in [6.45, 7) is 0.985. The van der Waals surface area contributed by atoms with Crippen molar-refractivity contribution in [1.29, 1.82) is 0 Å². The molecule has 0 bridgehead atoms. The molecular formula is C15H16N4O3. The molecule has 2 aromatic rings. The van der Waals surface area contributed by atoms with E-state index in [1.807, 2.05) is 12.1 Å². The molecule has 0 spiro atoms. The molecule has 1 saturated heterocycles. The van der Waals surface area contributed by atoms with Gasteiger partial charge in [-0.05, 0) is 6.07 Å². The van der Waals surface area contributed by atoms with Crippen molar-refractivity contribution in [3.8, 4) is 5.88 Å². The monoisotopic (exact) mass is 300 g/mol. The van der Waals surface area contributed by atoms with Gasteiger partial charge in [0.2, 0.25) is 5.88 Å². The summed E-state index contributed by atoms with van der Waals surface area (Å²) < 4.78 is 11.3. The number of aromatic nitrogens is 3. The second kappa shape index (κ2) is 6.95. The van der Waals surface area contributed by atoms with Gasteiger partial charge < -0.3 is 14.8 Å². The van der Waals surface area contributed by atoms with Crippen LogP contribution in [0.5, 0.6) is 5.88 Å². The molecule has 2 aromatic heterocycles. The minimum atomic E-state index is -0.293. The van der Waals surface area contributed by atoms with Gasteiger partial charge >= 0.3 is 0 Å². The van der Waals surface area contributed by atoms with Crippen molar-refractivity contribution in [3.05, 3.63) is 48.7 Å². The number of nitrogens with one attached hydrogen (secondary N) is 1. The third-order valence-corrected chi connectivity index (χ3v) is 3.32. The summed E-state index contributed by atoms with van der Waals surface area (Å²) in [5.74, 6) is 0.242. The zero-order valence-corrected chi connectivity index (χ0v) is 11.9. The highest BCUT2D eigenvalue weighted by Crippen LogP contribution is 2.16. The highest BCUT2D eigenvalue weighted by atomic mass is 16.5. The molecule has 7 nitrogen and oxygen atoms in total. The van der Waals surface area contributed by atoms with Crippen LogP contribution < -0.4 is 10.1 Å². The molecule has 3 rings (SSSR count). The van der Waals surface area contributed by atoms with Crippen molar-refractivity contribution < 1.29 is 14.3 Å². The van der Waals surface area contributed by atoms with Crippen molar-refractivity contribution >= 4 is 5.91 Å². The van der Waals surface area contributed by atoms with Gasteiger partial charge in [0.05, 0.1) is 25.5 Å². The summed E-state index contributed by atoms with van der Waals surface area (Å²) in [6.07, 6.45) is 6.59. The van der Waals surface area contributed by atoms with Crippen molar-refractivity contribution in [3.63, 3.8) is 0 Å². The standard InChI is InChI=1S/C15H16N4O3/c20-15(11-9-16-6-7-17-11)19-12-10-21-8-4-13(12)22-14-3-1-2-5-18-14/h1-3,5-7,9,12-13H,4,8,10H2,(H,19,20)/t12-,13-/m1/s1. The average Bonchev–Trinajstić information content (AvgIpc) is 2.58. The SMILES string of the molecule is O=C(N[C@@H]1COCC[C@H]1Oc1ccccn1)c1cnccn1. The van der Waals surface area contributed by atoms with E-state index in [0.29, 0.717) is 25.5 Å². The second-order valence-electron chi connectivity index (χ2n) is 4.86. The highest BCUT2D eigenvalue weighted by molar-refractivity contribution is 5.92. The first-order valence-corrected chi connectivity index (χ1v) is 7.05. The molecular weight excluding hydrogens is 284 g/mol. The van der Waals surface area contributed by atoms with Crippen molar-refractivity contribution in [2.75, 3.05) is 13.2 Å². The third-order valence-electron chi connectivity index (χ3n) is 3.32. The van der Waals surface area contributed by atoms with E-state index >= 15 is 0 Å². The molecule has 1 N–H and O–H groups in total. The van der Waals surface area contributed by atoms with Crippen LogP contribution in [0.2, 0.25) is 0 Å². The van der Waals surface area contributed by atoms with Gasteiger partial charge in [-0.25, -0.2) is 9.97 Å². The zero-order valence-electron chi connectivity index (χ0n) is 11.9. The fourth-order valence-corrected chi connectivity index (χ4v) is 2.22. The van der Waals surface area contributed by atoms with E-state index in [2.05, 4.69) is 20.3 Å².